The van der Waals surface area contributed by atoms with Crippen LogP contribution >= 0.6 is 23.4 Å². The van der Waals surface area contributed by atoms with E-state index in [2.05, 4.69) is 0 Å². The summed E-state index contributed by atoms with van der Waals surface area (Å²) in [6.45, 7) is 1.30. The molecule has 100 valence electrons. The highest BCUT2D eigenvalue weighted by Crippen LogP contribution is 2.28. The zero-order chi connectivity index (χ0) is 13.9. The molecule has 7 heteroatoms. The summed E-state index contributed by atoms with van der Waals surface area (Å²) in [7, 11) is 0. The summed E-state index contributed by atoms with van der Waals surface area (Å²) in [5, 5.41) is 18.3. The Morgan fingerprint density at radius 2 is 2.06 bits per heavy atom. The summed E-state index contributed by atoms with van der Waals surface area (Å²) in [6, 6.07) is 1.90. The molecule has 0 bridgehead atoms. The van der Waals surface area contributed by atoms with Gasteiger partial charge in [-0.1, -0.05) is 29.4 Å². The van der Waals surface area contributed by atoms with E-state index in [0.29, 0.717) is 0 Å². The maximum Gasteiger partial charge on any atom is 0.185 e. The minimum absolute atomic E-state index is 0.0923. The summed E-state index contributed by atoms with van der Waals surface area (Å²) < 4.78 is 26.5. The van der Waals surface area contributed by atoms with E-state index in [1.54, 1.807) is 0 Å². The molecule has 0 saturated heterocycles. The molecule has 0 aliphatic heterocycles. The molecule has 2 unspecified atom stereocenters. The number of hydrogen-bond acceptors (Lipinski definition) is 4. The molecule has 3 nitrogen and oxygen atoms in total. The fraction of sp³-hybridized carbons (Fsp3) is 0.364. The van der Waals surface area contributed by atoms with Gasteiger partial charge in [-0.15, -0.1) is 0 Å². The Kier molecular flexibility index (Phi) is 5.52. The van der Waals surface area contributed by atoms with Crippen molar-refractivity contribution in [2.24, 2.45) is 0 Å². The molecule has 1 rings (SSSR count). The van der Waals surface area contributed by atoms with Gasteiger partial charge in [-0.25, -0.2) is 8.78 Å². The molecule has 0 radical (unpaired) electrons. The summed E-state index contributed by atoms with van der Waals surface area (Å²) in [4.78, 5) is 10.7. The van der Waals surface area contributed by atoms with Crippen molar-refractivity contribution >= 4 is 28.5 Å². The van der Waals surface area contributed by atoms with Gasteiger partial charge in [-0.3, -0.25) is 4.79 Å². The van der Waals surface area contributed by atoms with E-state index in [1.807, 2.05) is 0 Å². The zero-order valence-electron chi connectivity index (χ0n) is 9.36. The van der Waals surface area contributed by atoms with E-state index in [0.717, 1.165) is 23.9 Å². The second kappa shape index (κ2) is 6.47. The predicted molar refractivity (Wildman–Crippen MR) is 65.5 cm³/mol. The minimum Gasteiger partial charge on any atom is -0.389 e. The lowest BCUT2D eigenvalue weighted by atomic mass is 10.0. The van der Waals surface area contributed by atoms with Crippen molar-refractivity contribution in [1.29, 1.82) is 0 Å². The van der Waals surface area contributed by atoms with E-state index in [9.17, 15) is 23.8 Å². The van der Waals surface area contributed by atoms with Crippen LogP contribution in [0, 0.1) is 11.6 Å². The van der Waals surface area contributed by atoms with E-state index >= 15 is 0 Å². The molecule has 2 N–H and O–H groups in total. The van der Waals surface area contributed by atoms with Gasteiger partial charge in [0.1, 0.15) is 16.9 Å². The molecule has 0 aliphatic rings. The van der Waals surface area contributed by atoms with Gasteiger partial charge in [0.2, 0.25) is 0 Å². The number of aliphatic hydroxyl groups excluding tert-OH is 2. The number of aliphatic hydroxyl groups is 2. The highest BCUT2D eigenvalue weighted by atomic mass is 35.5. The molecule has 0 amide bonds. The van der Waals surface area contributed by atoms with Gasteiger partial charge in [0.15, 0.2) is 10.9 Å². The Labute approximate surface area is 112 Å². The summed E-state index contributed by atoms with van der Waals surface area (Å²) >= 11 is 6.15. The number of carbonyl (C=O) groups excluding carboxylic acids is 1. The lowest BCUT2D eigenvalue weighted by Gasteiger charge is -2.18. The largest absolute Gasteiger partial charge is 0.389 e. The second-order valence-electron chi connectivity index (χ2n) is 3.58. The number of benzene rings is 1. The Balaban J connectivity index is 2.86. The summed E-state index contributed by atoms with van der Waals surface area (Å²) in [5.74, 6) is -2.15. The lowest BCUT2D eigenvalue weighted by molar-refractivity contribution is -0.109. The number of halogens is 3. The third kappa shape index (κ3) is 3.65. The maximum atomic E-state index is 13.6. The highest BCUT2D eigenvalue weighted by Gasteiger charge is 2.24. The Morgan fingerprint density at radius 3 is 2.61 bits per heavy atom. The lowest BCUT2D eigenvalue weighted by Crippen LogP contribution is -2.22. The number of rotatable bonds is 4. The van der Waals surface area contributed by atoms with E-state index < -0.39 is 28.9 Å². The predicted octanol–water partition coefficient (Wildman–Crippen LogP) is 2.29. The van der Waals surface area contributed by atoms with Crippen LogP contribution in [0.15, 0.2) is 12.1 Å². The first-order chi connectivity index (χ1) is 8.34. The first-order valence-corrected chi connectivity index (χ1v) is 6.33. The van der Waals surface area contributed by atoms with E-state index in [1.165, 1.54) is 6.92 Å². The molecule has 0 spiro atoms. The fourth-order valence-electron chi connectivity index (χ4n) is 1.27. The van der Waals surface area contributed by atoms with Crippen LogP contribution in [0.1, 0.15) is 18.6 Å². The van der Waals surface area contributed by atoms with Gasteiger partial charge >= 0.3 is 0 Å². The molecule has 18 heavy (non-hydrogen) atoms. The van der Waals surface area contributed by atoms with E-state index in [-0.39, 0.29) is 16.4 Å². The molecule has 0 aromatic heterocycles. The molecule has 0 aliphatic carbocycles. The molecule has 0 fully saturated rings. The van der Waals surface area contributed by atoms with Crippen LogP contribution in [0.2, 0.25) is 5.02 Å². The maximum absolute atomic E-state index is 13.6. The molecule has 0 saturated carbocycles. The summed E-state index contributed by atoms with van der Waals surface area (Å²) in [5.41, 5.74) is -0.307. The quantitative estimate of drug-likeness (QED) is 0.837. The second-order valence-corrected chi connectivity index (χ2v) is 5.15. The smallest absolute Gasteiger partial charge is 0.185 e. The average molecular weight is 297 g/mol. The Bertz CT molecular complexity index is 456. The highest BCUT2D eigenvalue weighted by molar-refractivity contribution is 8.13. The van der Waals surface area contributed by atoms with Gasteiger partial charge in [-0.05, 0) is 6.07 Å². The molecule has 1 aromatic rings. The van der Waals surface area contributed by atoms with Gasteiger partial charge < -0.3 is 10.2 Å². The first kappa shape index (κ1) is 15.4. The molecule has 1 aromatic carbocycles. The zero-order valence-corrected chi connectivity index (χ0v) is 10.9. The number of hydrogen-bond donors (Lipinski definition) is 2. The standard InChI is InChI=1S/C11H11ClF2O3S/c1-5(15)18-4-8(16)11(17)6-2-3-7(13)9(12)10(6)14/h2-3,8,11,16-17H,4H2,1H3. The Morgan fingerprint density at radius 1 is 1.44 bits per heavy atom. The van der Waals surface area contributed by atoms with Gasteiger partial charge in [0.25, 0.3) is 0 Å². The van der Waals surface area contributed by atoms with Crippen LogP contribution in [0.4, 0.5) is 8.78 Å². The number of carbonyl (C=O) groups is 1. The molecule has 2 atom stereocenters. The van der Waals surface area contributed by atoms with E-state index in [4.69, 9.17) is 11.6 Å². The molecular formula is C11H11ClF2O3S. The third-order valence-corrected chi connectivity index (χ3v) is 3.47. The third-order valence-electron chi connectivity index (χ3n) is 2.21. The van der Waals surface area contributed by atoms with Crippen LogP contribution in [-0.4, -0.2) is 27.2 Å². The van der Waals surface area contributed by atoms with Gasteiger partial charge in [0, 0.05) is 18.2 Å². The van der Waals surface area contributed by atoms with Crippen molar-refractivity contribution in [3.05, 3.63) is 34.4 Å². The summed E-state index contributed by atoms with van der Waals surface area (Å²) in [6.07, 6.45) is -2.93. The topological polar surface area (TPSA) is 57.5 Å². The van der Waals surface area contributed by atoms with Crippen molar-refractivity contribution in [3.8, 4) is 0 Å². The van der Waals surface area contributed by atoms with Crippen molar-refractivity contribution in [3.63, 3.8) is 0 Å². The van der Waals surface area contributed by atoms with Crippen LogP contribution in [-0.2, 0) is 4.79 Å². The van der Waals surface area contributed by atoms with Crippen molar-refractivity contribution < 1.29 is 23.8 Å². The molecule has 0 heterocycles. The van der Waals surface area contributed by atoms with Crippen LogP contribution in [0.25, 0.3) is 0 Å². The van der Waals surface area contributed by atoms with Gasteiger partial charge in [0.05, 0.1) is 6.10 Å². The number of thioether (sulfide) groups is 1. The molecular weight excluding hydrogens is 286 g/mol. The van der Waals surface area contributed by atoms with Crippen molar-refractivity contribution in [2.75, 3.05) is 5.75 Å². The van der Waals surface area contributed by atoms with Crippen molar-refractivity contribution in [1.82, 2.24) is 0 Å². The van der Waals surface area contributed by atoms with Crippen LogP contribution < -0.4 is 0 Å². The normalized spacial score (nSPS) is 14.3. The van der Waals surface area contributed by atoms with Crippen molar-refractivity contribution in [2.45, 2.75) is 19.1 Å². The minimum atomic E-state index is -1.57. The van der Waals surface area contributed by atoms with Crippen LogP contribution in [0.3, 0.4) is 0 Å². The van der Waals surface area contributed by atoms with Gasteiger partial charge in [-0.2, -0.15) is 0 Å². The first-order valence-electron chi connectivity index (χ1n) is 4.97. The van der Waals surface area contributed by atoms with Crippen LogP contribution in [0.5, 0.6) is 0 Å². The monoisotopic (exact) mass is 296 g/mol. The fourth-order valence-corrected chi connectivity index (χ4v) is 2.03. The SMILES string of the molecule is CC(=O)SCC(O)C(O)c1ccc(F)c(Cl)c1F. The average Bonchev–Trinajstić information content (AvgIpc) is 2.32. The Hall–Kier alpha value is -0.690.